The lowest BCUT2D eigenvalue weighted by Gasteiger charge is -2.19. The number of nitrogens with one attached hydrogen (secondary N) is 1. The molecule has 2 aromatic rings. The normalized spacial score (nSPS) is 13.0. The van der Waals surface area contributed by atoms with E-state index in [4.69, 9.17) is 32.8 Å². The van der Waals surface area contributed by atoms with Gasteiger partial charge in [-0.3, -0.25) is 10.3 Å². The lowest BCUT2D eigenvalue weighted by atomic mass is 10.1. The minimum Gasteiger partial charge on any atom is -0.489 e. The predicted octanol–water partition coefficient (Wildman–Crippen LogP) is 3.36. The highest BCUT2D eigenvalue weighted by atomic mass is 35.5. The van der Waals surface area contributed by atoms with E-state index in [0.717, 1.165) is 11.3 Å². The van der Waals surface area contributed by atoms with Crippen molar-refractivity contribution in [3.05, 3.63) is 58.4 Å². The molecular formula is C14H16Cl2N4O2. The summed E-state index contributed by atoms with van der Waals surface area (Å²) in [5.41, 5.74) is 4.21. The molecule has 0 saturated carbocycles. The molecule has 0 bridgehead atoms. The van der Waals surface area contributed by atoms with E-state index in [-0.39, 0.29) is 6.10 Å². The molecule has 0 spiro atoms. The van der Waals surface area contributed by atoms with Crippen molar-refractivity contribution in [3.63, 3.8) is 0 Å². The molecule has 1 N–H and O–H groups in total. The molecule has 0 aliphatic heterocycles. The van der Waals surface area contributed by atoms with Gasteiger partial charge >= 0.3 is 0 Å². The van der Waals surface area contributed by atoms with Crippen LogP contribution in [0.5, 0.6) is 0 Å². The number of rotatable bonds is 7. The van der Waals surface area contributed by atoms with E-state index < -0.39 is 0 Å². The highest BCUT2D eigenvalue weighted by Gasteiger charge is 2.17. The third-order valence-corrected chi connectivity index (χ3v) is 3.36. The average molecular weight is 343 g/mol. The second-order valence-corrected chi connectivity index (χ2v) is 5.36. The Morgan fingerprint density at radius 2 is 2.27 bits per heavy atom. The molecule has 0 aliphatic rings. The molecular weight excluding hydrogens is 327 g/mol. The first-order chi connectivity index (χ1) is 10.6. The molecule has 0 aliphatic carbocycles. The Morgan fingerprint density at radius 3 is 2.91 bits per heavy atom. The van der Waals surface area contributed by atoms with Gasteiger partial charge in [0.1, 0.15) is 25.0 Å². The van der Waals surface area contributed by atoms with Crippen molar-refractivity contribution in [2.24, 2.45) is 0 Å². The lowest BCUT2D eigenvalue weighted by Crippen LogP contribution is -2.14. The molecule has 1 atom stereocenters. The molecule has 2 rings (SSSR count). The van der Waals surface area contributed by atoms with Crippen LogP contribution >= 0.6 is 23.2 Å². The van der Waals surface area contributed by atoms with Gasteiger partial charge in [0.2, 0.25) is 0 Å². The van der Waals surface area contributed by atoms with Crippen LogP contribution in [-0.2, 0) is 16.1 Å². The van der Waals surface area contributed by atoms with Gasteiger partial charge in [0.25, 0.3) is 0 Å². The zero-order valence-electron chi connectivity index (χ0n) is 12.2. The Balaban J connectivity index is 2.22. The van der Waals surface area contributed by atoms with Crippen molar-refractivity contribution >= 4 is 23.2 Å². The molecule has 118 valence electrons. The van der Waals surface area contributed by atoms with Gasteiger partial charge < -0.3 is 4.74 Å². The number of hydrogen-bond donors (Lipinski definition) is 1. The number of halogens is 2. The van der Waals surface area contributed by atoms with Crippen molar-refractivity contribution in [1.29, 1.82) is 0 Å². The quantitative estimate of drug-likeness (QED) is 0.617. The Labute approximate surface area is 138 Å². The van der Waals surface area contributed by atoms with Crippen LogP contribution < -0.4 is 5.48 Å². The fourth-order valence-corrected chi connectivity index (χ4v) is 2.37. The number of allylic oxidation sites excluding steroid dienone is 1. The van der Waals surface area contributed by atoms with Gasteiger partial charge in [-0.2, -0.15) is 5.10 Å². The molecule has 0 fully saturated rings. The molecule has 0 saturated heterocycles. The highest BCUT2D eigenvalue weighted by Crippen LogP contribution is 2.29. The zero-order valence-corrected chi connectivity index (χ0v) is 13.7. The molecule has 8 heteroatoms. The molecule has 0 amide bonds. The Morgan fingerprint density at radius 1 is 1.45 bits per heavy atom. The maximum absolute atomic E-state index is 6.27. The van der Waals surface area contributed by atoms with E-state index in [1.54, 1.807) is 29.4 Å². The Hall–Kier alpha value is -1.76. The number of aromatic nitrogens is 3. The van der Waals surface area contributed by atoms with Gasteiger partial charge in [-0.05, 0) is 19.1 Å². The minimum absolute atomic E-state index is 0.347. The van der Waals surface area contributed by atoms with Crippen molar-refractivity contribution in [2.75, 3.05) is 7.11 Å². The zero-order chi connectivity index (χ0) is 15.9. The maximum Gasteiger partial charge on any atom is 0.144 e. The smallest absolute Gasteiger partial charge is 0.144 e. The lowest BCUT2D eigenvalue weighted by molar-refractivity contribution is 0.0946. The van der Waals surface area contributed by atoms with Crippen LogP contribution in [0.3, 0.4) is 0 Å². The minimum atomic E-state index is -0.347. The summed E-state index contributed by atoms with van der Waals surface area (Å²) in [5, 5.41) is 5.19. The van der Waals surface area contributed by atoms with Gasteiger partial charge in [0.05, 0.1) is 19.4 Å². The summed E-state index contributed by atoms with van der Waals surface area (Å²) in [6.45, 7) is 2.28. The SMILES string of the molecule is CONC(C)=COC(Cn1cncn1)c1ccc(Cl)cc1Cl. The number of benzene rings is 1. The van der Waals surface area contributed by atoms with Crippen molar-refractivity contribution < 1.29 is 9.57 Å². The van der Waals surface area contributed by atoms with Crippen molar-refractivity contribution in [3.8, 4) is 0 Å². The first kappa shape index (κ1) is 16.6. The fraction of sp³-hybridized carbons (Fsp3) is 0.286. The monoisotopic (exact) mass is 342 g/mol. The standard InChI is InChI=1S/C14H16Cl2N4O2/c1-10(19-21-2)7-22-14(6-20-9-17-8-18-20)12-4-3-11(15)5-13(12)16/h3-5,7-9,14,19H,6H2,1-2H3. The van der Waals surface area contributed by atoms with Crippen molar-refractivity contribution in [2.45, 2.75) is 19.6 Å². The second kappa shape index (κ2) is 8.03. The van der Waals surface area contributed by atoms with Crippen LogP contribution in [0.25, 0.3) is 0 Å². The molecule has 1 heterocycles. The number of hydrogen-bond acceptors (Lipinski definition) is 5. The molecule has 22 heavy (non-hydrogen) atoms. The number of ether oxygens (including phenoxy) is 1. The third-order valence-electron chi connectivity index (χ3n) is 2.80. The van der Waals surface area contributed by atoms with Crippen LogP contribution in [0.4, 0.5) is 0 Å². The molecule has 1 aromatic carbocycles. The summed E-state index contributed by atoms with van der Waals surface area (Å²) in [6.07, 6.45) is 4.30. The van der Waals surface area contributed by atoms with Crippen molar-refractivity contribution in [1.82, 2.24) is 20.2 Å². The summed E-state index contributed by atoms with van der Waals surface area (Å²) in [7, 11) is 1.53. The largest absolute Gasteiger partial charge is 0.489 e. The summed E-state index contributed by atoms with van der Waals surface area (Å²) < 4.78 is 7.49. The second-order valence-electron chi connectivity index (χ2n) is 4.52. The molecule has 1 aromatic heterocycles. The van der Waals surface area contributed by atoms with E-state index in [0.29, 0.717) is 16.6 Å². The third kappa shape index (κ3) is 4.62. The van der Waals surface area contributed by atoms with Crippen LogP contribution in [0.15, 0.2) is 42.8 Å². The summed E-state index contributed by atoms with van der Waals surface area (Å²) in [4.78, 5) is 8.74. The van der Waals surface area contributed by atoms with Gasteiger partial charge in [0, 0.05) is 15.6 Å². The summed E-state index contributed by atoms with van der Waals surface area (Å²) in [6, 6.07) is 5.28. The van der Waals surface area contributed by atoms with Gasteiger partial charge in [-0.15, -0.1) is 0 Å². The first-order valence-corrected chi connectivity index (χ1v) is 7.24. The van der Waals surface area contributed by atoms with Gasteiger partial charge in [-0.25, -0.2) is 9.67 Å². The van der Waals surface area contributed by atoms with E-state index in [9.17, 15) is 0 Å². The maximum atomic E-state index is 6.27. The van der Waals surface area contributed by atoms with E-state index in [1.807, 2.05) is 13.0 Å². The van der Waals surface area contributed by atoms with Crippen LogP contribution in [0.1, 0.15) is 18.6 Å². The highest BCUT2D eigenvalue weighted by molar-refractivity contribution is 6.35. The van der Waals surface area contributed by atoms with Gasteiger partial charge in [-0.1, -0.05) is 29.3 Å². The van der Waals surface area contributed by atoms with Crippen LogP contribution in [-0.4, -0.2) is 21.9 Å². The summed E-state index contributed by atoms with van der Waals surface area (Å²) in [5.74, 6) is 0. The van der Waals surface area contributed by atoms with Gasteiger partial charge in [0.15, 0.2) is 0 Å². The predicted molar refractivity (Wildman–Crippen MR) is 84.2 cm³/mol. The van der Waals surface area contributed by atoms with Crippen LogP contribution in [0, 0.1) is 0 Å². The summed E-state index contributed by atoms with van der Waals surface area (Å²) >= 11 is 12.2. The first-order valence-electron chi connectivity index (χ1n) is 6.48. The molecule has 6 nitrogen and oxygen atoms in total. The van der Waals surface area contributed by atoms with E-state index in [1.165, 1.54) is 13.4 Å². The Kier molecular flexibility index (Phi) is 6.06. The fourth-order valence-electron chi connectivity index (χ4n) is 1.84. The molecule has 0 radical (unpaired) electrons. The number of hydroxylamine groups is 1. The van der Waals surface area contributed by atoms with Crippen LogP contribution in [0.2, 0.25) is 10.0 Å². The average Bonchev–Trinajstić information content (AvgIpc) is 2.97. The molecule has 1 unspecified atom stereocenters. The topological polar surface area (TPSA) is 61.2 Å². The van der Waals surface area contributed by atoms with E-state index >= 15 is 0 Å². The Bertz CT molecular complexity index is 632. The number of nitrogens with zero attached hydrogens (tertiary/aromatic N) is 3. The van der Waals surface area contributed by atoms with E-state index in [2.05, 4.69) is 15.6 Å².